The Bertz CT molecular complexity index is 649. The number of hydrogen-bond donors (Lipinski definition) is 2. The van der Waals surface area contributed by atoms with Gasteiger partial charge in [-0.25, -0.2) is 0 Å². The lowest BCUT2D eigenvalue weighted by Gasteiger charge is -2.22. The lowest BCUT2D eigenvalue weighted by molar-refractivity contribution is -0.129. The second-order valence-corrected chi connectivity index (χ2v) is 13.6. The van der Waals surface area contributed by atoms with Crippen molar-refractivity contribution in [3.05, 3.63) is 12.2 Å². The smallest absolute Gasteiger partial charge is 0.243 e. The molecule has 1 unspecified atom stereocenters. The van der Waals surface area contributed by atoms with Gasteiger partial charge in [0.1, 0.15) is 6.04 Å². The van der Waals surface area contributed by atoms with Crippen LogP contribution in [0.2, 0.25) is 0 Å². The van der Waals surface area contributed by atoms with Crippen LogP contribution >= 0.6 is 0 Å². The van der Waals surface area contributed by atoms with Crippen LogP contribution in [0.15, 0.2) is 12.2 Å². The second kappa shape index (κ2) is 34.5. The van der Waals surface area contributed by atoms with E-state index in [9.17, 15) is 9.59 Å². The van der Waals surface area contributed by atoms with Crippen molar-refractivity contribution < 1.29 is 9.59 Å². The molecule has 0 bridgehead atoms. The Kier molecular flexibility index (Phi) is 33.4. The lowest BCUT2D eigenvalue weighted by atomic mass is 10.0. The number of allylic oxidation sites excluding steroid dienone is 2. The summed E-state index contributed by atoms with van der Waals surface area (Å²) in [7, 11) is 3.90. The molecule has 260 valence electrons. The Morgan fingerprint density at radius 3 is 1.36 bits per heavy atom. The van der Waals surface area contributed by atoms with E-state index < -0.39 is 6.04 Å². The van der Waals surface area contributed by atoms with Gasteiger partial charge in [-0.2, -0.15) is 0 Å². The molecule has 0 radical (unpaired) electrons. The van der Waals surface area contributed by atoms with Gasteiger partial charge in [0.2, 0.25) is 11.8 Å². The molecule has 1 atom stereocenters. The maximum Gasteiger partial charge on any atom is 0.243 e. The van der Waals surface area contributed by atoms with Crippen molar-refractivity contribution in [3.63, 3.8) is 0 Å². The first-order valence-electron chi connectivity index (χ1n) is 19.4. The van der Waals surface area contributed by atoms with Crippen LogP contribution in [0.1, 0.15) is 194 Å². The van der Waals surface area contributed by atoms with E-state index in [1.165, 1.54) is 148 Å². The van der Waals surface area contributed by atoms with Gasteiger partial charge in [0.25, 0.3) is 0 Å². The van der Waals surface area contributed by atoms with Crippen molar-refractivity contribution in [2.75, 3.05) is 27.2 Å². The van der Waals surface area contributed by atoms with Gasteiger partial charge in [0, 0.05) is 19.5 Å². The summed E-state index contributed by atoms with van der Waals surface area (Å²) in [6.07, 6.45) is 40.1. The zero-order valence-corrected chi connectivity index (χ0v) is 30.2. The Labute approximate surface area is 275 Å². The molecule has 5 nitrogen and oxygen atoms in total. The summed E-state index contributed by atoms with van der Waals surface area (Å²) in [6, 6.07) is -0.479. The summed E-state index contributed by atoms with van der Waals surface area (Å²) in [5.74, 6) is -0.0487. The van der Waals surface area contributed by atoms with E-state index in [1.54, 1.807) is 0 Å². The van der Waals surface area contributed by atoms with Crippen LogP contribution in [0.3, 0.4) is 0 Å². The fourth-order valence-corrected chi connectivity index (χ4v) is 5.84. The van der Waals surface area contributed by atoms with Crippen LogP contribution in [0.4, 0.5) is 0 Å². The van der Waals surface area contributed by atoms with E-state index in [-0.39, 0.29) is 11.8 Å². The molecular formula is C39H77N3O2. The minimum Gasteiger partial charge on any atom is -0.354 e. The van der Waals surface area contributed by atoms with Crippen molar-refractivity contribution in [1.29, 1.82) is 0 Å². The third-order valence-electron chi connectivity index (χ3n) is 8.69. The maximum absolute atomic E-state index is 12.8. The van der Waals surface area contributed by atoms with Crippen molar-refractivity contribution >= 4 is 11.8 Å². The molecule has 0 fully saturated rings. The molecule has 44 heavy (non-hydrogen) atoms. The Morgan fingerprint density at radius 1 is 0.545 bits per heavy atom. The van der Waals surface area contributed by atoms with Gasteiger partial charge in [0.15, 0.2) is 0 Å². The fourth-order valence-electron chi connectivity index (χ4n) is 5.84. The number of hydrogen-bond acceptors (Lipinski definition) is 3. The van der Waals surface area contributed by atoms with Crippen molar-refractivity contribution in [1.82, 2.24) is 15.5 Å². The average molecular weight is 620 g/mol. The molecule has 0 aromatic heterocycles. The summed E-state index contributed by atoms with van der Waals surface area (Å²) in [6.45, 7) is 5.78. The van der Waals surface area contributed by atoms with Gasteiger partial charge in [0.05, 0.1) is 0 Å². The first-order chi connectivity index (χ1) is 21.5. The van der Waals surface area contributed by atoms with Crippen LogP contribution < -0.4 is 10.6 Å². The number of nitrogens with zero attached hydrogens (tertiary/aromatic N) is 1. The number of likely N-dealkylation sites (N-methyl/N-ethyl adjacent to an activating group) is 1. The highest BCUT2D eigenvalue weighted by atomic mass is 16.2. The fraction of sp³-hybridized carbons (Fsp3) is 0.897. The Hall–Kier alpha value is -1.36. The molecule has 0 aliphatic rings. The van der Waals surface area contributed by atoms with Crippen LogP contribution in [-0.2, 0) is 9.59 Å². The molecule has 0 rings (SSSR count). The first-order valence-corrected chi connectivity index (χ1v) is 19.4. The van der Waals surface area contributed by atoms with Gasteiger partial charge >= 0.3 is 0 Å². The highest BCUT2D eigenvalue weighted by molar-refractivity contribution is 5.87. The number of unbranched alkanes of at least 4 members (excludes halogenated alkanes) is 24. The number of nitrogens with one attached hydrogen (secondary N) is 2. The van der Waals surface area contributed by atoms with Crippen LogP contribution in [0, 0.1) is 0 Å². The molecule has 0 aliphatic heterocycles. The largest absolute Gasteiger partial charge is 0.354 e. The van der Waals surface area contributed by atoms with Crippen LogP contribution in [0.25, 0.3) is 0 Å². The summed E-state index contributed by atoms with van der Waals surface area (Å²) < 4.78 is 0. The summed E-state index contributed by atoms with van der Waals surface area (Å²) in [4.78, 5) is 27.3. The number of carbonyl (C=O) groups is 2. The standard InChI is InChI=1S/C39H77N3O2/c1-5-7-9-11-13-15-17-19-21-22-24-26-28-30-32-34-38(43)41-37(36-42(3)4)39(44)40-35-33-31-29-27-25-23-20-18-16-14-12-10-8-6-2/h19,21,37H,5-18,20,22-36H2,1-4H3,(H,40,44)(H,41,43). The van der Waals surface area contributed by atoms with E-state index in [1.807, 2.05) is 19.0 Å². The molecule has 0 aliphatic carbocycles. The molecule has 0 spiro atoms. The van der Waals surface area contributed by atoms with Gasteiger partial charge in [-0.1, -0.05) is 161 Å². The molecule has 2 N–H and O–H groups in total. The van der Waals surface area contributed by atoms with E-state index >= 15 is 0 Å². The lowest BCUT2D eigenvalue weighted by Crippen LogP contribution is -2.51. The van der Waals surface area contributed by atoms with Gasteiger partial charge in [-0.05, 0) is 52.6 Å². The third-order valence-corrected chi connectivity index (χ3v) is 8.69. The normalized spacial score (nSPS) is 12.3. The predicted molar refractivity (Wildman–Crippen MR) is 193 cm³/mol. The van der Waals surface area contributed by atoms with Crippen LogP contribution in [-0.4, -0.2) is 49.9 Å². The summed E-state index contributed by atoms with van der Waals surface area (Å²) >= 11 is 0. The Morgan fingerprint density at radius 2 is 0.932 bits per heavy atom. The first kappa shape index (κ1) is 42.6. The molecule has 0 saturated carbocycles. The summed E-state index contributed by atoms with van der Waals surface area (Å²) in [5, 5.41) is 6.07. The van der Waals surface area contributed by atoms with E-state index in [0.717, 1.165) is 25.7 Å². The van der Waals surface area contributed by atoms with E-state index in [0.29, 0.717) is 19.5 Å². The van der Waals surface area contributed by atoms with E-state index in [4.69, 9.17) is 0 Å². The maximum atomic E-state index is 12.8. The highest BCUT2D eigenvalue weighted by Gasteiger charge is 2.20. The van der Waals surface area contributed by atoms with Crippen molar-refractivity contribution in [2.24, 2.45) is 0 Å². The molecule has 5 heteroatoms. The predicted octanol–water partition coefficient (Wildman–Crippen LogP) is 10.7. The van der Waals surface area contributed by atoms with Gasteiger partial charge in [-0.3, -0.25) is 9.59 Å². The topological polar surface area (TPSA) is 61.4 Å². The molecule has 2 amide bonds. The monoisotopic (exact) mass is 620 g/mol. The molecule has 0 saturated heterocycles. The molecular weight excluding hydrogens is 542 g/mol. The number of rotatable bonds is 34. The molecule has 0 aromatic carbocycles. The molecule has 0 aromatic rings. The Balaban J connectivity index is 3.78. The van der Waals surface area contributed by atoms with Crippen molar-refractivity contribution in [2.45, 2.75) is 200 Å². The highest BCUT2D eigenvalue weighted by Crippen LogP contribution is 2.13. The summed E-state index contributed by atoms with van der Waals surface area (Å²) in [5.41, 5.74) is 0. The minimum atomic E-state index is -0.479. The zero-order chi connectivity index (χ0) is 32.4. The van der Waals surface area contributed by atoms with Crippen LogP contribution in [0.5, 0.6) is 0 Å². The van der Waals surface area contributed by atoms with E-state index in [2.05, 4.69) is 36.6 Å². The molecule has 0 heterocycles. The minimum absolute atomic E-state index is 0.00104. The van der Waals surface area contributed by atoms with Gasteiger partial charge < -0.3 is 15.5 Å². The zero-order valence-electron chi connectivity index (χ0n) is 30.2. The second-order valence-electron chi connectivity index (χ2n) is 13.6. The third kappa shape index (κ3) is 32.0. The van der Waals surface area contributed by atoms with Gasteiger partial charge in [-0.15, -0.1) is 0 Å². The number of amides is 2. The average Bonchev–Trinajstić information content (AvgIpc) is 3.00. The van der Waals surface area contributed by atoms with Crippen molar-refractivity contribution in [3.8, 4) is 0 Å². The SMILES string of the molecule is CCCCCCCCC=CCCCCCCCC(=O)NC(CN(C)C)C(=O)NCCCCCCCCCCCCCCCC. The number of carbonyl (C=O) groups excluding carboxylic acids is 2. The quantitative estimate of drug-likeness (QED) is 0.0556.